The fourth-order valence-corrected chi connectivity index (χ4v) is 12.8. The molecule has 160 valence electrons. The van der Waals surface area contributed by atoms with Crippen molar-refractivity contribution in [3.05, 3.63) is 0 Å². The zero-order valence-electron chi connectivity index (χ0n) is 19.6. The summed E-state index contributed by atoms with van der Waals surface area (Å²) in [6, 6.07) is 0. The van der Waals surface area contributed by atoms with Crippen molar-refractivity contribution in [3.63, 3.8) is 0 Å². The summed E-state index contributed by atoms with van der Waals surface area (Å²) in [7, 11) is 0. The molecular weight excluding hydrogens is 356 g/mol. The summed E-state index contributed by atoms with van der Waals surface area (Å²) in [4.78, 5) is 0. The SMILES string of the molecule is CCCC(CC)C1CSC2(C)C3CC(C4CCC4)C4C(C3)(C1C)C42C(C)CC. The quantitative estimate of drug-likeness (QED) is 0.415. The number of rotatable bonds is 7. The van der Waals surface area contributed by atoms with E-state index < -0.39 is 0 Å². The Labute approximate surface area is 179 Å². The molecule has 0 nitrogen and oxygen atoms in total. The van der Waals surface area contributed by atoms with Gasteiger partial charge in [0.05, 0.1) is 0 Å². The lowest BCUT2D eigenvalue weighted by Crippen LogP contribution is -2.50. The van der Waals surface area contributed by atoms with Crippen LogP contribution in [-0.2, 0) is 0 Å². The predicted molar refractivity (Wildman–Crippen MR) is 124 cm³/mol. The van der Waals surface area contributed by atoms with E-state index in [0.717, 1.165) is 52.8 Å². The summed E-state index contributed by atoms with van der Waals surface area (Å²) in [5.74, 6) is 9.62. The molecule has 0 radical (unpaired) electrons. The molecule has 10 atom stereocenters. The molecule has 5 bridgehead atoms. The third-order valence-corrected chi connectivity index (χ3v) is 13.7. The van der Waals surface area contributed by atoms with Gasteiger partial charge in [0.1, 0.15) is 0 Å². The van der Waals surface area contributed by atoms with Crippen molar-refractivity contribution in [3.8, 4) is 0 Å². The summed E-state index contributed by atoms with van der Waals surface area (Å²) in [6.07, 6.45) is 13.5. The van der Waals surface area contributed by atoms with Crippen LogP contribution in [0, 0.1) is 58.2 Å². The van der Waals surface area contributed by atoms with Crippen LogP contribution in [0.4, 0.5) is 0 Å². The van der Waals surface area contributed by atoms with E-state index in [9.17, 15) is 0 Å². The summed E-state index contributed by atoms with van der Waals surface area (Å²) >= 11 is 2.50. The molecule has 5 aliphatic carbocycles. The fourth-order valence-electron chi connectivity index (χ4n) is 10.5. The lowest BCUT2D eigenvalue weighted by molar-refractivity contribution is 0.0271. The molecule has 1 heteroatoms. The predicted octanol–water partition coefficient (Wildman–Crippen LogP) is 8.06. The van der Waals surface area contributed by atoms with E-state index in [2.05, 4.69) is 53.3 Å². The van der Waals surface area contributed by atoms with Gasteiger partial charge in [0.15, 0.2) is 0 Å². The molecule has 1 heterocycles. The largest absolute Gasteiger partial charge is 0.154 e. The smallest absolute Gasteiger partial charge is 0.0227 e. The number of hydrogen-bond donors (Lipinski definition) is 0. The van der Waals surface area contributed by atoms with Gasteiger partial charge in [-0.25, -0.2) is 0 Å². The maximum atomic E-state index is 2.78. The normalized spacial score (nSPS) is 54.0. The second-order valence-corrected chi connectivity index (χ2v) is 13.5. The molecule has 10 unspecified atom stereocenters. The molecule has 6 fully saturated rings. The first kappa shape index (κ1) is 20.3. The maximum absolute atomic E-state index is 2.78. The monoisotopic (exact) mass is 402 g/mol. The van der Waals surface area contributed by atoms with Crippen LogP contribution in [0.5, 0.6) is 0 Å². The Bertz CT molecular complexity index is 609. The summed E-state index contributed by atoms with van der Waals surface area (Å²) in [5, 5.41) is 0. The summed E-state index contributed by atoms with van der Waals surface area (Å²) < 4.78 is 0.584. The third-order valence-electron chi connectivity index (χ3n) is 11.9. The average Bonchev–Trinajstić information content (AvgIpc) is 3.26. The van der Waals surface area contributed by atoms with Crippen LogP contribution in [0.15, 0.2) is 0 Å². The molecule has 6 aliphatic rings. The van der Waals surface area contributed by atoms with Crippen LogP contribution in [0.2, 0.25) is 0 Å². The second kappa shape index (κ2) is 6.67. The molecule has 5 saturated carbocycles. The Hall–Kier alpha value is 0.350. The van der Waals surface area contributed by atoms with Gasteiger partial charge in [0.2, 0.25) is 0 Å². The number of hydrogen-bond acceptors (Lipinski definition) is 1. The van der Waals surface area contributed by atoms with E-state index in [4.69, 9.17) is 0 Å². The topological polar surface area (TPSA) is 0 Å². The minimum Gasteiger partial charge on any atom is -0.154 e. The van der Waals surface area contributed by atoms with E-state index >= 15 is 0 Å². The van der Waals surface area contributed by atoms with Gasteiger partial charge in [-0.1, -0.05) is 79.6 Å². The average molecular weight is 403 g/mol. The maximum Gasteiger partial charge on any atom is 0.0227 e. The van der Waals surface area contributed by atoms with Crippen molar-refractivity contribution in [2.24, 2.45) is 58.2 Å². The van der Waals surface area contributed by atoms with E-state index in [-0.39, 0.29) is 0 Å². The highest BCUT2D eigenvalue weighted by Gasteiger charge is 2.93. The standard InChI is InChI=1S/C27H46S/c1-7-11-19(9-3)23-16-28-25(6)21-14-22(20-12-10-13-20)24-26(15-21,18(23)5)27(24,25)17(4)8-2/h17-24H,7-16H2,1-6H3. The molecule has 1 spiro atoms. The molecule has 0 aromatic heterocycles. The van der Waals surface area contributed by atoms with Gasteiger partial charge in [0, 0.05) is 4.75 Å². The van der Waals surface area contributed by atoms with E-state index in [1.165, 1.54) is 37.9 Å². The van der Waals surface area contributed by atoms with Crippen molar-refractivity contribution in [2.75, 3.05) is 5.75 Å². The zero-order valence-corrected chi connectivity index (χ0v) is 20.4. The van der Waals surface area contributed by atoms with Crippen molar-refractivity contribution in [2.45, 2.75) is 104 Å². The first-order chi connectivity index (χ1) is 13.4. The first-order valence-corrected chi connectivity index (χ1v) is 14.1. The molecule has 28 heavy (non-hydrogen) atoms. The van der Waals surface area contributed by atoms with Crippen molar-refractivity contribution in [1.82, 2.24) is 0 Å². The molecular formula is C27H46S. The molecule has 1 aliphatic heterocycles. The van der Waals surface area contributed by atoms with Crippen molar-refractivity contribution < 1.29 is 0 Å². The van der Waals surface area contributed by atoms with E-state index in [1.807, 2.05) is 0 Å². The number of thioether (sulfide) groups is 1. The van der Waals surface area contributed by atoms with Crippen molar-refractivity contribution in [1.29, 1.82) is 0 Å². The molecule has 1 saturated heterocycles. The Morgan fingerprint density at radius 1 is 1.11 bits per heavy atom. The van der Waals surface area contributed by atoms with Crippen LogP contribution < -0.4 is 0 Å². The van der Waals surface area contributed by atoms with Crippen molar-refractivity contribution >= 4 is 11.8 Å². The Balaban J connectivity index is 1.59. The highest BCUT2D eigenvalue weighted by molar-refractivity contribution is 8.00. The second-order valence-electron chi connectivity index (χ2n) is 12.0. The van der Waals surface area contributed by atoms with Crippen LogP contribution in [0.25, 0.3) is 0 Å². The minimum absolute atomic E-state index is 0.584. The molecule has 0 aromatic carbocycles. The van der Waals surface area contributed by atoms with Gasteiger partial charge in [0.25, 0.3) is 0 Å². The Morgan fingerprint density at radius 2 is 1.86 bits per heavy atom. The molecule has 0 aromatic rings. The molecule has 0 N–H and O–H groups in total. The van der Waals surface area contributed by atoms with Gasteiger partial charge in [-0.15, -0.1) is 0 Å². The van der Waals surface area contributed by atoms with Crippen LogP contribution in [-0.4, -0.2) is 10.5 Å². The Morgan fingerprint density at radius 3 is 2.43 bits per heavy atom. The lowest BCUT2D eigenvalue weighted by Gasteiger charge is -2.54. The lowest BCUT2D eigenvalue weighted by atomic mass is 9.57. The zero-order chi connectivity index (χ0) is 19.9. The summed E-state index contributed by atoms with van der Waals surface area (Å²) in [5.41, 5.74) is 1.40. The Kier molecular flexibility index (Phi) is 4.83. The third kappa shape index (κ3) is 2.07. The van der Waals surface area contributed by atoms with E-state index in [1.54, 1.807) is 25.7 Å². The summed E-state index contributed by atoms with van der Waals surface area (Å²) in [6.45, 7) is 15.6. The number of fused-ring (bicyclic) bond motifs is 1. The van der Waals surface area contributed by atoms with Gasteiger partial charge in [-0.05, 0) is 83.7 Å². The highest BCUT2D eigenvalue weighted by atomic mass is 32.2. The van der Waals surface area contributed by atoms with E-state index in [0.29, 0.717) is 10.2 Å². The molecule has 0 amide bonds. The van der Waals surface area contributed by atoms with Gasteiger partial charge < -0.3 is 0 Å². The van der Waals surface area contributed by atoms with Gasteiger partial charge in [-0.2, -0.15) is 11.8 Å². The molecule has 6 rings (SSSR count). The van der Waals surface area contributed by atoms with Crippen LogP contribution >= 0.6 is 11.8 Å². The minimum atomic E-state index is 0.584. The first-order valence-electron chi connectivity index (χ1n) is 13.1. The van der Waals surface area contributed by atoms with Gasteiger partial charge in [-0.3, -0.25) is 0 Å². The highest BCUT2D eigenvalue weighted by Crippen LogP contribution is 2.96. The fraction of sp³-hybridized carbons (Fsp3) is 1.00. The van der Waals surface area contributed by atoms with Crippen LogP contribution in [0.1, 0.15) is 99.3 Å². The van der Waals surface area contributed by atoms with Gasteiger partial charge >= 0.3 is 0 Å². The van der Waals surface area contributed by atoms with Crippen LogP contribution in [0.3, 0.4) is 0 Å².